The quantitative estimate of drug-likeness (QED) is 0.436. The molecule has 3 aliphatic rings. The van der Waals surface area contributed by atoms with E-state index < -0.39 is 34.6 Å². The molecule has 3 aromatic rings. The number of benzene rings is 3. The van der Waals surface area contributed by atoms with Gasteiger partial charge in [0.2, 0.25) is 0 Å². The zero-order chi connectivity index (χ0) is 27.3. The summed E-state index contributed by atoms with van der Waals surface area (Å²) in [5.74, 6) is -3.28. The van der Waals surface area contributed by atoms with Gasteiger partial charge in [-0.3, -0.25) is 19.3 Å². The summed E-state index contributed by atoms with van der Waals surface area (Å²) in [7, 11) is 0. The molecule has 0 unspecified atom stereocenters. The molecule has 0 saturated carbocycles. The molecule has 1 fully saturated rings. The van der Waals surface area contributed by atoms with Crippen LogP contribution in [0.1, 0.15) is 62.3 Å². The van der Waals surface area contributed by atoms with Gasteiger partial charge >= 0.3 is 0 Å². The number of carbonyl (C=O) groups is 3. The first kappa shape index (κ1) is 25.6. The van der Waals surface area contributed by atoms with Crippen molar-refractivity contribution in [2.75, 3.05) is 24.5 Å². The highest BCUT2D eigenvalue weighted by Crippen LogP contribution is 2.53. The molecule has 6 nitrogen and oxygen atoms in total. The van der Waals surface area contributed by atoms with E-state index in [1.54, 1.807) is 36.4 Å². The number of hydrogen-bond acceptors (Lipinski definition) is 4. The minimum atomic E-state index is -0.924. The summed E-state index contributed by atoms with van der Waals surface area (Å²) in [4.78, 5) is 42.5. The number of nitrogens with zero attached hydrogens (tertiary/aromatic N) is 2. The molecule has 9 heteroatoms. The van der Waals surface area contributed by atoms with E-state index >= 15 is 0 Å². The normalized spacial score (nSPS) is 19.5. The number of piperidine rings is 1. The van der Waals surface area contributed by atoms with Crippen molar-refractivity contribution in [1.29, 1.82) is 0 Å². The summed E-state index contributed by atoms with van der Waals surface area (Å²) in [5, 5.41) is 3.88. The highest BCUT2D eigenvalue weighted by Gasteiger charge is 2.53. The second kappa shape index (κ2) is 9.84. The molecule has 6 rings (SSSR count). The number of hydrogen-bond donors (Lipinski definition) is 1. The molecule has 1 atom stereocenters. The fraction of sp³-hybridized carbons (Fsp3) is 0.300. The lowest BCUT2D eigenvalue weighted by Gasteiger charge is -2.42. The van der Waals surface area contributed by atoms with Crippen molar-refractivity contribution in [3.63, 3.8) is 0 Å². The second-order valence-electron chi connectivity index (χ2n) is 10.3. The first-order valence-corrected chi connectivity index (χ1v) is 13.4. The zero-order valence-electron chi connectivity index (χ0n) is 21.1. The van der Waals surface area contributed by atoms with Gasteiger partial charge in [-0.15, -0.1) is 0 Å². The third-order valence-electron chi connectivity index (χ3n) is 8.33. The van der Waals surface area contributed by atoms with E-state index in [1.807, 2.05) is 6.07 Å². The Morgan fingerprint density at radius 1 is 0.949 bits per heavy atom. The summed E-state index contributed by atoms with van der Waals surface area (Å²) in [6, 6.07) is 14.9. The lowest BCUT2D eigenvalue weighted by atomic mass is 9.68. The monoisotopic (exact) mass is 549 g/mol. The van der Waals surface area contributed by atoms with Gasteiger partial charge in [0.05, 0.1) is 11.1 Å². The summed E-state index contributed by atoms with van der Waals surface area (Å²) in [6.07, 6.45) is 2.22. The molecule has 200 valence electrons. The number of amides is 3. The maximum atomic E-state index is 14.8. The van der Waals surface area contributed by atoms with E-state index in [1.165, 1.54) is 15.9 Å². The maximum Gasteiger partial charge on any atom is 0.264 e. The third-order valence-corrected chi connectivity index (χ3v) is 8.57. The Balaban J connectivity index is 1.36. The molecule has 3 aromatic carbocycles. The number of imide groups is 1. The van der Waals surface area contributed by atoms with Crippen molar-refractivity contribution in [3.05, 3.63) is 99.6 Å². The lowest BCUT2D eigenvalue weighted by Crippen LogP contribution is -2.52. The summed E-state index contributed by atoms with van der Waals surface area (Å²) in [6.45, 7) is 1.58. The summed E-state index contributed by atoms with van der Waals surface area (Å²) in [5.41, 5.74) is 1.13. The number of halogens is 3. The van der Waals surface area contributed by atoms with Crippen molar-refractivity contribution >= 4 is 35.0 Å². The number of fused-ring (bicyclic) bond motifs is 3. The largest absolute Gasteiger partial charge is 0.317 e. The molecule has 39 heavy (non-hydrogen) atoms. The van der Waals surface area contributed by atoms with Gasteiger partial charge in [0.1, 0.15) is 17.2 Å². The lowest BCUT2D eigenvalue weighted by molar-refractivity contribution is 0.0647. The van der Waals surface area contributed by atoms with Crippen LogP contribution in [0.5, 0.6) is 0 Å². The van der Waals surface area contributed by atoms with E-state index in [-0.39, 0.29) is 18.4 Å². The van der Waals surface area contributed by atoms with E-state index in [0.717, 1.165) is 17.7 Å². The molecule has 3 heterocycles. The average molecular weight is 550 g/mol. The van der Waals surface area contributed by atoms with Gasteiger partial charge in [0.25, 0.3) is 17.7 Å². The molecular formula is C30H26ClF2N3O3. The van der Waals surface area contributed by atoms with Crippen LogP contribution in [0.3, 0.4) is 0 Å². The smallest absolute Gasteiger partial charge is 0.264 e. The minimum absolute atomic E-state index is 0.171. The van der Waals surface area contributed by atoms with Crippen LogP contribution in [0.2, 0.25) is 5.02 Å². The molecule has 3 aliphatic heterocycles. The van der Waals surface area contributed by atoms with Crippen molar-refractivity contribution in [3.8, 4) is 0 Å². The second-order valence-corrected chi connectivity index (χ2v) is 10.7. The van der Waals surface area contributed by atoms with Gasteiger partial charge in [-0.25, -0.2) is 8.78 Å². The van der Waals surface area contributed by atoms with Crippen molar-refractivity contribution in [2.24, 2.45) is 0 Å². The molecule has 0 aromatic heterocycles. The van der Waals surface area contributed by atoms with Crippen LogP contribution in [0.15, 0.2) is 60.7 Å². The fourth-order valence-electron chi connectivity index (χ4n) is 6.55. The van der Waals surface area contributed by atoms with Gasteiger partial charge in [-0.2, -0.15) is 0 Å². The Bertz CT molecular complexity index is 1450. The van der Waals surface area contributed by atoms with Crippen LogP contribution in [0, 0.1) is 11.6 Å². The van der Waals surface area contributed by atoms with Crippen LogP contribution < -0.4 is 10.2 Å². The molecule has 3 amide bonds. The molecule has 1 N–H and O–H groups in total. The molecule has 1 spiro atoms. The van der Waals surface area contributed by atoms with Crippen molar-refractivity contribution in [2.45, 2.75) is 37.1 Å². The van der Waals surface area contributed by atoms with Crippen LogP contribution in [0.25, 0.3) is 0 Å². The molecule has 0 aliphatic carbocycles. The highest BCUT2D eigenvalue weighted by atomic mass is 35.5. The number of carbonyl (C=O) groups excluding carboxylic acids is 3. The van der Waals surface area contributed by atoms with Crippen LogP contribution in [0.4, 0.5) is 14.5 Å². The maximum absolute atomic E-state index is 14.8. The number of anilines is 1. The summed E-state index contributed by atoms with van der Waals surface area (Å²) >= 11 is 6.41. The van der Waals surface area contributed by atoms with Crippen LogP contribution >= 0.6 is 11.6 Å². The number of rotatable bonds is 5. The number of nitrogens with one attached hydrogen (secondary N) is 1. The Morgan fingerprint density at radius 2 is 1.59 bits per heavy atom. The van der Waals surface area contributed by atoms with Crippen LogP contribution in [-0.4, -0.2) is 48.3 Å². The van der Waals surface area contributed by atoms with Crippen molar-refractivity contribution in [1.82, 2.24) is 10.2 Å². The SMILES string of the molecule is O=C1c2ccccc2C(=O)N1CCC[C@H]1N(C(=O)c2c(F)cccc2F)c2ccc(Cl)cc2C12CCNCC2. The molecule has 0 bridgehead atoms. The first-order chi connectivity index (χ1) is 18.8. The van der Waals surface area contributed by atoms with Crippen molar-refractivity contribution < 1.29 is 23.2 Å². The Morgan fingerprint density at radius 3 is 2.23 bits per heavy atom. The third kappa shape index (κ3) is 4.05. The Kier molecular flexibility index (Phi) is 6.47. The van der Waals surface area contributed by atoms with Gasteiger partial charge in [0, 0.05) is 28.7 Å². The topological polar surface area (TPSA) is 69.7 Å². The minimum Gasteiger partial charge on any atom is -0.317 e. The standard InChI is InChI=1S/C30H26ClF2N3O3/c31-18-10-11-24-21(17-18)30(12-14-34-15-13-30)25(36(24)29(39)26-22(32)7-3-8-23(26)33)9-4-16-35-27(37)19-5-1-2-6-20(19)28(35)38/h1-3,5-8,10-11,17,25,34H,4,9,12-16H2/t25-/m1/s1. The highest BCUT2D eigenvalue weighted by molar-refractivity contribution is 6.30. The van der Waals surface area contributed by atoms with Gasteiger partial charge in [0.15, 0.2) is 0 Å². The molecular weight excluding hydrogens is 524 g/mol. The Labute approximate surface area is 229 Å². The van der Waals surface area contributed by atoms with E-state index in [0.29, 0.717) is 60.6 Å². The predicted octanol–water partition coefficient (Wildman–Crippen LogP) is 5.34. The Hall–Kier alpha value is -3.62. The summed E-state index contributed by atoms with van der Waals surface area (Å²) < 4.78 is 29.7. The van der Waals surface area contributed by atoms with Gasteiger partial charge < -0.3 is 10.2 Å². The molecule has 1 saturated heterocycles. The van der Waals surface area contributed by atoms with Gasteiger partial charge in [-0.05, 0) is 86.8 Å². The van der Waals surface area contributed by atoms with E-state index in [4.69, 9.17) is 11.6 Å². The molecule has 0 radical (unpaired) electrons. The first-order valence-electron chi connectivity index (χ1n) is 13.1. The average Bonchev–Trinajstić information content (AvgIpc) is 3.32. The van der Waals surface area contributed by atoms with Gasteiger partial charge in [-0.1, -0.05) is 29.8 Å². The van der Waals surface area contributed by atoms with Crippen LogP contribution in [-0.2, 0) is 5.41 Å². The zero-order valence-corrected chi connectivity index (χ0v) is 21.8. The fourth-order valence-corrected chi connectivity index (χ4v) is 6.72. The van der Waals surface area contributed by atoms with E-state index in [2.05, 4.69) is 5.32 Å². The predicted molar refractivity (Wildman–Crippen MR) is 143 cm³/mol. The van der Waals surface area contributed by atoms with E-state index in [9.17, 15) is 23.2 Å².